The monoisotopic (exact) mass is 235 g/mol. The van der Waals surface area contributed by atoms with Gasteiger partial charge in [0.25, 0.3) is 0 Å². The number of nitrogens with one attached hydrogen (secondary N) is 1. The Bertz CT molecular complexity index is 353. The SMILES string of the molecule is CC(C)c1cc(NCC(C)C(C)(C)C)ncn1. The Balaban J connectivity index is 2.61. The summed E-state index contributed by atoms with van der Waals surface area (Å²) in [6.45, 7) is 14.3. The van der Waals surface area contributed by atoms with Crippen molar-refractivity contribution in [1.82, 2.24) is 9.97 Å². The Morgan fingerprint density at radius 3 is 2.35 bits per heavy atom. The van der Waals surface area contributed by atoms with Crippen LogP contribution in [0.3, 0.4) is 0 Å². The van der Waals surface area contributed by atoms with Crippen molar-refractivity contribution in [3.8, 4) is 0 Å². The molecule has 0 amide bonds. The first-order valence-electron chi connectivity index (χ1n) is 6.36. The third-order valence-corrected chi connectivity index (χ3v) is 3.35. The summed E-state index contributed by atoms with van der Waals surface area (Å²) in [6, 6.07) is 2.04. The smallest absolute Gasteiger partial charge is 0.129 e. The minimum Gasteiger partial charge on any atom is -0.370 e. The second-order valence-electron chi connectivity index (χ2n) is 6.13. The maximum Gasteiger partial charge on any atom is 0.129 e. The summed E-state index contributed by atoms with van der Waals surface area (Å²) < 4.78 is 0. The van der Waals surface area contributed by atoms with Crippen LogP contribution in [0.1, 0.15) is 53.2 Å². The Morgan fingerprint density at radius 2 is 1.82 bits per heavy atom. The minimum atomic E-state index is 0.320. The molecule has 0 aliphatic carbocycles. The van der Waals surface area contributed by atoms with Gasteiger partial charge in [0.15, 0.2) is 0 Å². The van der Waals surface area contributed by atoms with Crippen molar-refractivity contribution in [2.75, 3.05) is 11.9 Å². The highest BCUT2D eigenvalue weighted by Gasteiger charge is 2.19. The Hall–Kier alpha value is -1.12. The molecule has 0 fully saturated rings. The molecule has 0 saturated heterocycles. The third-order valence-electron chi connectivity index (χ3n) is 3.35. The molecule has 1 heterocycles. The average molecular weight is 235 g/mol. The van der Waals surface area contributed by atoms with Gasteiger partial charge in [0.2, 0.25) is 0 Å². The molecule has 96 valence electrons. The fraction of sp³-hybridized carbons (Fsp3) is 0.714. The Morgan fingerprint density at radius 1 is 1.18 bits per heavy atom. The zero-order valence-electron chi connectivity index (χ0n) is 11.9. The molecule has 0 radical (unpaired) electrons. The van der Waals surface area contributed by atoms with E-state index in [9.17, 15) is 0 Å². The lowest BCUT2D eigenvalue weighted by molar-refractivity contribution is 0.274. The summed E-state index contributed by atoms with van der Waals surface area (Å²) in [6.07, 6.45) is 1.64. The molecule has 1 rings (SSSR count). The summed E-state index contributed by atoms with van der Waals surface area (Å²) in [7, 11) is 0. The molecular formula is C14H25N3. The Labute approximate surface area is 105 Å². The van der Waals surface area contributed by atoms with Crippen LogP contribution in [0.4, 0.5) is 5.82 Å². The molecule has 0 aliphatic heterocycles. The molecule has 1 N–H and O–H groups in total. The molecule has 0 aliphatic rings. The number of hydrogen-bond acceptors (Lipinski definition) is 3. The fourth-order valence-corrected chi connectivity index (χ4v) is 1.35. The average Bonchev–Trinajstić information content (AvgIpc) is 2.25. The third kappa shape index (κ3) is 4.33. The van der Waals surface area contributed by atoms with Crippen molar-refractivity contribution in [1.29, 1.82) is 0 Å². The highest BCUT2D eigenvalue weighted by Crippen LogP contribution is 2.25. The number of anilines is 1. The first kappa shape index (κ1) is 13.9. The normalized spacial score (nSPS) is 13.8. The van der Waals surface area contributed by atoms with Gasteiger partial charge in [-0.25, -0.2) is 9.97 Å². The van der Waals surface area contributed by atoms with Crippen molar-refractivity contribution in [3.05, 3.63) is 18.1 Å². The Kier molecular flexibility index (Phi) is 4.49. The molecule has 0 spiro atoms. The van der Waals surface area contributed by atoms with Gasteiger partial charge >= 0.3 is 0 Å². The quantitative estimate of drug-likeness (QED) is 0.864. The fourth-order valence-electron chi connectivity index (χ4n) is 1.35. The second-order valence-corrected chi connectivity index (χ2v) is 6.13. The highest BCUT2D eigenvalue weighted by molar-refractivity contribution is 5.35. The standard InChI is InChI=1S/C14H25N3/c1-10(2)12-7-13(17-9-16-12)15-8-11(3)14(4,5)6/h7,9-11H,8H2,1-6H3,(H,15,16,17). The van der Waals surface area contributed by atoms with Crippen LogP contribution in [-0.4, -0.2) is 16.5 Å². The van der Waals surface area contributed by atoms with Gasteiger partial charge in [0, 0.05) is 18.3 Å². The van der Waals surface area contributed by atoms with Crippen LogP contribution in [0.15, 0.2) is 12.4 Å². The van der Waals surface area contributed by atoms with E-state index < -0.39 is 0 Å². The lowest BCUT2D eigenvalue weighted by atomic mass is 9.82. The maximum atomic E-state index is 4.26. The topological polar surface area (TPSA) is 37.8 Å². The van der Waals surface area contributed by atoms with Crippen molar-refractivity contribution in [2.24, 2.45) is 11.3 Å². The van der Waals surface area contributed by atoms with E-state index in [4.69, 9.17) is 0 Å². The molecule has 1 unspecified atom stereocenters. The number of nitrogens with zero attached hydrogens (tertiary/aromatic N) is 2. The molecule has 0 bridgehead atoms. The van der Waals surface area contributed by atoms with Crippen LogP contribution in [0.5, 0.6) is 0 Å². The van der Waals surface area contributed by atoms with Crippen LogP contribution in [0, 0.1) is 11.3 Å². The minimum absolute atomic E-state index is 0.320. The van der Waals surface area contributed by atoms with E-state index in [-0.39, 0.29) is 0 Å². The molecule has 0 saturated carbocycles. The van der Waals surface area contributed by atoms with Crippen LogP contribution in [-0.2, 0) is 0 Å². The first-order chi connectivity index (χ1) is 7.80. The van der Waals surface area contributed by atoms with E-state index in [2.05, 4.69) is 56.8 Å². The summed E-state index contributed by atoms with van der Waals surface area (Å²) >= 11 is 0. The van der Waals surface area contributed by atoms with Gasteiger partial charge in [-0.15, -0.1) is 0 Å². The first-order valence-corrected chi connectivity index (χ1v) is 6.36. The molecule has 3 heteroatoms. The molecule has 1 aromatic rings. The highest BCUT2D eigenvalue weighted by atomic mass is 15.0. The van der Waals surface area contributed by atoms with Crippen molar-refractivity contribution in [2.45, 2.75) is 47.5 Å². The lowest BCUT2D eigenvalue weighted by Crippen LogP contribution is -2.25. The zero-order chi connectivity index (χ0) is 13.1. The van der Waals surface area contributed by atoms with E-state index >= 15 is 0 Å². The predicted octanol–water partition coefficient (Wildman–Crippen LogP) is 3.69. The van der Waals surface area contributed by atoms with E-state index in [0.717, 1.165) is 18.1 Å². The maximum absolute atomic E-state index is 4.26. The van der Waals surface area contributed by atoms with Crippen molar-refractivity contribution in [3.63, 3.8) is 0 Å². The molecule has 0 aromatic carbocycles. The van der Waals surface area contributed by atoms with Gasteiger partial charge in [0.05, 0.1) is 0 Å². The van der Waals surface area contributed by atoms with Crippen molar-refractivity contribution >= 4 is 5.82 Å². The summed E-state index contributed by atoms with van der Waals surface area (Å²) in [4.78, 5) is 8.52. The van der Waals surface area contributed by atoms with Gasteiger partial charge < -0.3 is 5.32 Å². The van der Waals surface area contributed by atoms with Crippen LogP contribution >= 0.6 is 0 Å². The van der Waals surface area contributed by atoms with Gasteiger partial charge in [0.1, 0.15) is 12.1 Å². The van der Waals surface area contributed by atoms with E-state index in [1.165, 1.54) is 0 Å². The molecule has 1 aromatic heterocycles. The number of rotatable bonds is 4. The van der Waals surface area contributed by atoms with E-state index in [1.54, 1.807) is 6.33 Å². The zero-order valence-corrected chi connectivity index (χ0v) is 11.9. The van der Waals surface area contributed by atoms with E-state index in [0.29, 0.717) is 17.3 Å². The molecule has 1 atom stereocenters. The van der Waals surface area contributed by atoms with Gasteiger partial charge in [-0.3, -0.25) is 0 Å². The summed E-state index contributed by atoms with van der Waals surface area (Å²) in [5, 5.41) is 3.40. The molecular weight excluding hydrogens is 210 g/mol. The van der Waals surface area contributed by atoms with Crippen LogP contribution in [0.25, 0.3) is 0 Å². The van der Waals surface area contributed by atoms with Crippen LogP contribution < -0.4 is 5.32 Å². The van der Waals surface area contributed by atoms with Gasteiger partial charge in [-0.2, -0.15) is 0 Å². The predicted molar refractivity (Wildman–Crippen MR) is 73.2 cm³/mol. The molecule has 17 heavy (non-hydrogen) atoms. The van der Waals surface area contributed by atoms with Gasteiger partial charge in [-0.1, -0.05) is 41.5 Å². The number of aromatic nitrogens is 2. The number of hydrogen-bond donors (Lipinski definition) is 1. The van der Waals surface area contributed by atoms with Gasteiger partial charge in [-0.05, 0) is 17.3 Å². The van der Waals surface area contributed by atoms with Crippen molar-refractivity contribution < 1.29 is 0 Å². The lowest BCUT2D eigenvalue weighted by Gasteiger charge is -2.27. The molecule has 3 nitrogen and oxygen atoms in total. The van der Waals surface area contributed by atoms with Crippen LogP contribution in [0.2, 0.25) is 0 Å². The summed E-state index contributed by atoms with van der Waals surface area (Å²) in [5.74, 6) is 1.97. The van der Waals surface area contributed by atoms with E-state index in [1.807, 2.05) is 6.07 Å². The second kappa shape index (κ2) is 5.48. The largest absolute Gasteiger partial charge is 0.370 e. The summed E-state index contributed by atoms with van der Waals surface area (Å²) in [5.41, 5.74) is 1.41.